The van der Waals surface area contributed by atoms with Crippen LogP contribution in [0.15, 0.2) is 24.8 Å². The van der Waals surface area contributed by atoms with E-state index in [9.17, 15) is 9.59 Å². The van der Waals surface area contributed by atoms with E-state index in [1.807, 2.05) is 22.7 Å². The fraction of sp³-hybridized carbons (Fsp3) is 0.600. The molecule has 1 saturated carbocycles. The van der Waals surface area contributed by atoms with E-state index in [-0.39, 0.29) is 30.4 Å². The molecule has 1 aliphatic carbocycles. The van der Waals surface area contributed by atoms with E-state index < -0.39 is 0 Å². The molecule has 2 aromatic heterocycles. The lowest BCUT2D eigenvalue weighted by molar-refractivity contribution is -0.122. The van der Waals surface area contributed by atoms with Crippen LogP contribution in [0.3, 0.4) is 0 Å². The second kappa shape index (κ2) is 8.77. The minimum atomic E-state index is -0.130. The molecule has 1 aliphatic heterocycles. The molecule has 29 heavy (non-hydrogen) atoms. The van der Waals surface area contributed by atoms with Gasteiger partial charge in [0, 0.05) is 51.3 Å². The van der Waals surface area contributed by atoms with Crippen molar-refractivity contribution in [3.63, 3.8) is 0 Å². The summed E-state index contributed by atoms with van der Waals surface area (Å²) in [7, 11) is 1.93. The van der Waals surface area contributed by atoms with Gasteiger partial charge in [-0.1, -0.05) is 19.3 Å². The van der Waals surface area contributed by atoms with Crippen molar-refractivity contribution in [3.8, 4) is 0 Å². The van der Waals surface area contributed by atoms with Gasteiger partial charge < -0.3 is 20.1 Å². The summed E-state index contributed by atoms with van der Waals surface area (Å²) >= 11 is 0. The van der Waals surface area contributed by atoms with E-state index in [0.717, 1.165) is 25.2 Å². The van der Waals surface area contributed by atoms with Crippen LogP contribution in [0.5, 0.6) is 0 Å². The second-order valence-corrected chi connectivity index (χ2v) is 7.94. The second-order valence-electron chi connectivity index (χ2n) is 7.94. The number of aromatic nitrogens is 4. The van der Waals surface area contributed by atoms with Crippen LogP contribution in [0.4, 0.5) is 0 Å². The molecule has 1 saturated heterocycles. The van der Waals surface area contributed by atoms with E-state index >= 15 is 0 Å². The number of amides is 2. The first kappa shape index (κ1) is 19.6. The van der Waals surface area contributed by atoms with Gasteiger partial charge in [-0.05, 0) is 12.8 Å². The maximum atomic E-state index is 13.1. The van der Waals surface area contributed by atoms with Crippen molar-refractivity contribution in [1.29, 1.82) is 0 Å². The topological polar surface area (TPSA) is 97.1 Å². The molecule has 2 amide bonds. The predicted octanol–water partition coefficient (Wildman–Crippen LogP) is 0.852. The van der Waals surface area contributed by atoms with Gasteiger partial charge in [0.05, 0.1) is 11.8 Å². The first-order valence-corrected chi connectivity index (χ1v) is 10.4. The van der Waals surface area contributed by atoms with Crippen molar-refractivity contribution in [3.05, 3.63) is 36.2 Å². The molecular formula is C20H29N7O2. The van der Waals surface area contributed by atoms with E-state index in [0.29, 0.717) is 18.7 Å². The number of imidazole rings is 1. The number of carbonyl (C=O) groups excluding carboxylic acids is 2. The molecule has 9 heteroatoms. The first-order chi connectivity index (χ1) is 14.1. The maximum Gasteiger partial charge on any atom is 0.257 e. The molecule has 1 atom stereocenters. The van der Waals surface area contributed by atoms with Crippen molar-refractivity contribution in [2.45, 2.75) is 50.7 Å². The molecule has 1 unspecified atom stereocenters. The Labute approximate surface area is 170 Å². The highest BCUT2D eigenvalue weighted by molar-refractivity contribution is 5.94. The van der Waals surface area contributed by atoms with Crippen molar-refractivity contribution in [1.82, 2.24) is 34.9 Å². The third-order valence-corrected chi connectivity index (χ3v) is 5.82. The van der Waals surface area contributed by atoms with Crippen molar-refractivity contribution >= 4 is 11.8 Å². The molecule has 2 aromatic rings. The normalized spacial score (nSPS) is 20.6. The summed E-state index contributed by atoms with van der Waals surface area (Å²) in [6.07, 6.45) is 12.5. The van der Waals surface area contributed by atoms with E-state index in [2.05, 4.69) is 20.7 Å². The largest absolute Gasteiger partial charge is 0.352 e. The Kier molecular flexibility index (Phi) is 5.94. The molecule has 4 rings (SSSR count). The van der Waals surface area contributed by atoms with Crippen molar-refractivity contribution < 1.29 is 9.59 Å². The monoisotopic (exact) mass is 399 g/mol. The smallest absolute Gasteiger partial charge is 0.257 e. The minimum Gasteiger partial charge on any atom is -0.352 e. The van der Waals surface area contributed by atoms with Crippen molar-refractivity contribution in [2.24, 2.45) is 7.05 Å². The van der Waals surface area contributed by atoms with Crippen LogP contribution < -0.4 is 10.6 Å². The van der Waals surface area contributed by atoms with Crippen molar-refractivity contribution in [2.75, 3.05) is 19.6 Å². The SMILES string of the molecule is Cn1ccnc1C1CNCCN1C(=O)c1cnn(CC(=O)NC2CCCCC2)c1. The molecule has 9 nitrogen and oxygen atoms in total. The van der Waals surface area contributed by atoms with Gasteiger partial charge in [-0.3, -0.25) is 14.3 Å². The average molecular weight is 399 g/mol. The molecule has 156 valence electrons. The lowest BCUT2D eigenvalue weighted by atomic mass is 9.95. The zero-order valence-electron chi connectivity index (χ0n) is 16.9. The summed E-state index contributed by atoms with van der Waals surface area (Å²) in [4.78, 5) is 31.7. The Morgan fingerprint density at radius 2 is 2.10 bits per heavy atom. The molecular weight excluding hydrogens is 370 g/mol. The molecule has 2 aliphatic rings. The highest BCUT2D eigenvalue weighted by atomic mass is 16.2. The number of piperazine rings is 1. The van der Waals surface area contributed by atoms with Gasteiger partial charge in [0.2, 0.25) is 5.91 Å². The quantitative estimate of drug-likeness (QED) is 0.777. The van der Waals surface area contributed by atoms with Gasteiger partial charge in [-0.15, -0.1) is 0 Å². The van der Waals surface area contributed by atoms with E-state index in [4.69, 9.17) is 0 Å². The summed E-state index contributed by atoms with van der Waals surface area (Å²) in [6.45, 7) is 2.14. The van der Waals surface area contributed by atoms with Crippen LogP contribution in [0.1, 0.15) is 54.3 Å². The Bertz CT molecular complexity index is 853. The zero-order chi connectivity index (χ0) is 20.2. The van der Waals surface area contributed by atoms with Gasteiger partial charge in [-0.2, -0.15) is 5.10 Å². The predicted molar refractivity (Wildman–Crippen MR) is 107 cm³/mol. The number of nitrogens with one attached hydrogen (secondary N) is 2. The Hall–Kier alpha value is -2.68. The molecule has 0 radical (unpaired) electrons. The third-order valence-electron chi connectivity index (χ3n) is 5.82. The Balaban J connectivity index is 1.40. The lowest BCUT2D eigenvalue weighted by Crippen LogP contribution is -2.49. The molecule has 0 spiro atoms. The summed E-state index contributed by atoms with van der Waals surface area (Å²) in [5, 5.41) is 10.7. The van der Waals surface area contributed by atoms with Crippen LogP contribution in [0, 0.1) is 0 Å². The zero-order valence-corrected chi connectivity index (χ0v) is 16.9. The molecule has 0 aromatic carbocycles. The third kappa shape index (κ3) is 4.50. The van der Waals surface area contributed by atoms with Crippen LogP contribution in [0.25, 0.3) is 0 Å². The summed E-state index contributed by atoms with van der Waals surface area (Å²) in [5.74, 6) is 0.718. The number of aryl methyl sites for hydroxylation is 1. The summed E-state index contributed by atoms with van der Waals surface area (Å²) in [5.41, 5.74) is 0.497. The van der Waals surface area contributed by atoms with Gasteiger partial charge in [-0.25, -0.2) is 4.98 Å². The van der Waals surface area contributed by atoms with Gasteiger partial charge in [0.1, 0.15) is 18.4 Å². The highest BCUT2D eigenvalue weighted by Gasteiger charge is 2.31. The van der Waals surface area contributed by atoms with E-state index in [1.54, 1.807) is 23.3 Å². The number of rotatable bonds is 5. The Morgan fingerprint density at radius 3 is 2.86 bits per heavy atom. The van der Waals surface area contributed by atoms with Gasteiger partial charge >= 0.3 is 0 Å². The summed E-state index contributed by atoms with van der Waals surface area (Å²) < 4.78 is 3.49. The number of hydrogen-bond acceptors (Lipinski definition) is 5. The highest BCUT2D eigenvalue weighted by Crippen LogP contribution is 2.22. The number of hydrogen-bond donors (Lipinski definition) is 2. The van der Waals surface area contributed by atoms with Gasteiger partial charge in [0.25, 0.3) is 5.91 Å². The minimum absolute atomic E-state index is 0.0490. The molecule has 0 bridgehead atoms. The Morgan fingerprint density at radius 1 is 1.28 bits per heavy atom. The summed E-state index contributed by atoms with van der Waals surface area (Å²) in [6, 6.07) is 0.140. The van der Waals surface area contributed by atoms with Crippen LogP contribution in [-0.4, -0.2) is 61.7 Å². The maximum absolute atomic E-state index is 13.1. The van der Waals surface area contributed by atoms with Crippen LogP contribution in [-0.2, 0) is 18.4 Å². The molecule has 3 heterocycles. The first-order valence-electron chi connectivity index (χ1n) is 10.4. The van der Waals surface area contributed by atoms with E-state index in [1.165, 1.54) is 19.3 Å². The van der Waals surface area contributed by atoms with Gasteiger partial charge in [0.15, 0.2) is 0 Å². The fourth-order valence-corrected chi connectivity index (χ4v) is 4.27. The lowest BCUT2D eigenvalue weighted by Gasteiger charge is -2.35. The van der Waals surface area contributed by atoms with Crippen LogP contribution >= 0.6 is 0 Å². The fourth-order valence-electron chi connectivity index (χ4n) is 4.27. The standard InChI is InChI=1S/C20H29N7O2/c1-25-9-8-22-19(25)17-12-21-7-10-27(17)20(29)15-11-23-26(13-15)14-18(28)24-16-5-3-2-4-6-16/h8-9,11,13,16-17,21H,2-7,10,12,14H2,1H3,(H,24,28). The average Bonchev–Trinajstić information content (AvgIpc) is 3.37. The molecule has 2 fully saturated rings. The van der Waals surface area contributed by atoms with Crippen LogP contribution in [0.2, 0.25) is 0 Å². The number of carbonyl (C=O) groups is 2. The molecule has 2 N–H and O–H groups in total. The number of nitrogens with zero attached hydrogens (tertiary/aromatic N) is 5.